The highest BCUT2D eigenvalue weighted by Gasteiger charge is 2.31. The molecule has 1 N–H and O–H groups in total. The molecule has 0 saturated carbocycles. The molecule has 3 nitrogen and oxygen atoms in total. The molecular formula is C19H17Cl2F2N3S. The topological polar surface area (TPSA) is 33.6 Å². The van der Waals surface area contributed by atoms with Crippen LogP contribution in [0.25, 0.3) is 0 Å². The van der Waals surface area contributed by atoms with Crippen molar-refractivity contribution in [1.82, 2.24) is 14.5 Å². The van der Waals surface area contributed by atoms with Crippen LogP contribution in [0.2, 0.25) is 5.02 Å². The van der Waals surface area contributed by atoms with Gasteiger partial charge in [-0.05, 0) is 55.2 Å². The van der Waals surface area contributed by atoms with Gasteiger partial charge in [0.05, 0.1) is 5.02 Å². The molecular weight excluding hydrogens is 411 g/mol. The number of pyridine rings is 1. The monoisotopic (exact) mass is 427 g/mol. The maximum Gasteiger partial charge on any atom is 0.177 e. The lowest BCUT2D eigenvalue weighted by atomic mass is 9.95. The van der Waals surface area contributed by atoms with Gasteiger partial charge in [-0.3, -0.25) is 4.98 Å². The first kappa shape index (κ1) is 20.0. The number of aryl methyl sites for hydroxylation is 2. The molecule has 8 heteroatoms. The zero-order valence-corrected chi connectivity index (χ0v) is 16.6. The molecule has 27 heavy (non-hydrogen) atoms. The summed E-state index contributed by atoms with van der Waals surface area (Å²) in [5.41, 5.74) is 3.22. The molecule has 0 amide bonds. The largest absolute Gasteiger partial charge is 0.334 e. The van der Waals surface area contributed by atoms with Gasteiger partial charge >= 0.3 is 0 Å². The van der Waals surface area contributed by atoms with Gasteiger partial charge in [0.2, 0.25) is 0 Å². The van der Waals surface area contributed by atoms with Crippen molar-refractivity contribution in [1.29, 1.82) is 0 Å². The molecule has 142 valence electrons. The maximum absolute atomic E-state index is 14.4. The quantitative estimate of drug-likeness (QED) is 0.445. The van der Waals surface area contributed by atoms with Gasteiger partial charge < -0.3 is 9.55 Å². The van der Waals surface area contributed by atoms with Gasteiger partial charge in [0.1, 0.15) is 11.6 Å². The zero-order chi connectivity index (χ0) is 18.3. The Labute approximate surface area is 171 Å². The number of hydrogen-bond acceptors (Lipinski definition) is 2. The first-order valence-corrected chi connectivity index (χ1v) is 9.16. The fraction of sp³-hybridized carbons (Fsp3) is 0.263. The van der Waals surface area contributed by atoms with Gasteiger partial charge in [0.15, 0.2) is 4.77 Å². The molecule has 0 fully saturated rings. The molecule has 1 unspecified atom stereocenters. The number of benzene rings is 1. The van der Waals surface area contributed by atoms with Crippen LogP contribution in [0.3, 0.4) is 0 Å². The van der Waals surface area contributed by atoms with E-state index < -0.39 is 11.6 Å². The molecule has 0 radical (unpaired) electrons. The summed E-state index contributed by atoms with van der Waals surface area (Å²) in [6.45, 7) is 0.450. The van der Waals surface area contributed by atoms with Crippen LogP contribution in [0, 0.1) is 16.4 Å². The second-order valence-electron chi connectivity index (χ2n) is 6.49. The van der Waals surface area contributed by atoms with E-state index in [1.807, 2.05) is 22.9 Å². The standard InChI is InChI=1S/C19H16ClF2N3S.ClH/c20-13-4-5-14(21)17(18(13)22)12-8-16-15(24-19(26)25(16)10-12)6-3-11-2-1-7-23-9-11;/h1-2,4-5,7,9,12H,3,6,8,10H2,(H,24,26);1H. The second kappa shape index (κ2) is 8.09. The molecule has 3 aromatic rings. The molecule has 1 atom stereocenters. The summed E-state index contributed by atoms with van der Waals surface area (Å²) in [5, 5.41) is -0.0556. The Bertz CT molecular complexity index is 1020. The second-order valence-corrected chi connectivity index (χ2v) is 7.28. The number of hydrogen-bond donors (Lipinski definition) is 1. The van der Waals surface area contributed by atoms with Gasteiger partial charge in [0.25, 0.3) is 0 Å². The number of H-pyrrole nitrogens is 1. The Morgan fingerprint density at radius 3 is 2.81 bits per heavy atom. The summed E-state index contributed by atoms with van der Waals surface area (Å²) in [5.74, 6) is -1.54. The van der Waals surface area contributed by atoms with E-state index in [1.54, 1.807) is 6.20 Å². The van der Waals surface area contributed by atoms with E-state index in [4.69, 9.17) is 23.8 Å². The molecule has 0 saturated heterocycles. The molecule has 2 aromatic heterocycles. The van der Waals surface area contributed by atoms with Crippen molar-refractivity contribution in [3.63, 3.8) is 0 Å². The summed E-state index contributed by atoms with van der Waals surface area (Å²) in [6, 6.07) is 6.40. The number of aromatic nitrogens is 3. The van der Waals surface area contributed by atoms with Crippen LogP contribution in [0.1, 0.15) is 28.4 Å². The normalized spacial score (nSPS) is 15.4. The predicted octanol–water partition coefficient (Wildman–Crippen LogP) is 5.42. The molecule has 0 bridgehead atoms. The zero-order valence-electron chi connectivity index (χ0n) is 14.2. The van der Waals surface area contributed by atoms with E-state index in [9.17, 15) is 8.78 Å². The van der Waals surface area contributed by atoms with Crippen molar-refractivity contribution in [2.24, 2.45) is 0 Å². The Balaban J connectivity index is 0.00000210. The summed E-state index contributed by atoms with van der Waals surface area (Å²) >= 11 is 11.3. The average molecular weight is 428 g/mol. The molecule has 1 aliphatic heterocycles. The minimum atomic E-state index is -0.672. The Morgan fingerprint density at radius 2 is 2.07 bits per heavy atom. The highest BCUT2D eigenvalue weighted by atomic mass is 35.5. The van der Waals surface area contributed by atoms with Crippen LogP contribution < -0.4 is 0 Å². The number of aromatic amines is 1. The molecule has 0 aliphatic carbocycles. The van der Waals surface area contributed by atoms with Gasteiger partial charge in [-0.25, -0.2) is 8.78 Å². The van der Waals surface area contributed by atoms with Crippen LogP contribution in [0.15, 0.2) is 36.7 Å². The smallest absolute Gasteiger partial charge is 0.177 e. The number of nitrogens with zero attached hydrogens (tertiary/aromatic N) is 2. The highest BCUT2D eigenvalue weighted by Crippen LogP contribution is 2.36. The lowest BCUT2D eigenvalue weighted by Crippen LogP contribution is -2.08. The van der Waals surface area contributed by atoms with Crippen LogP contribution in [-0.4, -0.2) is 14.5 Å². The van der Waals surface area contributed by atoms with E-state index in [0.717, 1.165) is 29.8 Å². The Kier molecular flexibility index (Phi) is 5.99. The van der Waals surface area contributed by atoms with E-state index in [-0.39, 0.29) is 28.9 Å². The first-order chi connectivity index (χ1) is 12.5. The minimum absolute atomic E-state index is 0. The van der Waals surface area contributed by atoms with Crippen molar-refractivity contribution in [3.8, 4) is 0 Å². The molecule has 1 aliphatic rings. The van der Waals surface area contributed by atoms with E-state index in [1.165, 1.54) is 12.1 Å². The van der Waals surface area contributed by atoms with E-state index >= 15 is 0 Å². The van der Waals surface area contributed by atoms with Gasteiger partial charge in [-0.1, -0.05) is 17.7 Å². The predicted molar refractivity (Wildman–Crippen MR) is 106 cm³/mol. The van der Waals surface area contributed by atoms with Crippen LogP contribution in [0.4, 0.5) is 8.78 Å². The van der Waals surface area contributed by atoms with Crippen LogP contribution in [-0.2, 0) is 25.8 Å². The number of fused-ring (bicyclic) bond motifs is 1. The third kappa shape index (κ3) is 3.79. The van der Waals surface area contributed by atoms with Crippen molar-refractivity contribution in [2.45, 2.75) is 31.7 Å². The van der Waals surface area contributed by atoms with Crippen molar-refractivity contribution in [2.75, 3.05) is 0 Å². The SMILES string of the molecule is Cl.Fc1ccc(Cl)c(F)c1C1Cc2c(CCc3cccnc3)[nH]c(=S)n2C1. The summed E-state index contributed by atoms with van der Waals surface area (Å²) in [6.07, 6.45) is 5.70. The number of halogens is 4. The lowest BCUT2D eigenvalue weighted by Gasteiger charge is -2.13. The van der Waals surface area contributed by atoms with E-state index in [2.05, 4.69) is 9.97 Å². The van der Waals surface area contributed by atoms with E-state index in [0.29, 0.717) is 17.7 Å². The van der Waals surface area contributed by atoms with Gasteiger partial charge in [0, 0.05) is 41.8 Å². The number of rotatable bonds is 4. The van der Waals surface area contributed by atoms with Crippen molar-refractivity contribution in [3.05, 3.63) is 80.6 Å². The molecule has 3 heterocycles. The van der Waals surface area contributed by atoms with Gasteiger partial charge in [-0.2, -0.15) is 0 Å². The summed E-state index contributed by atoms with van der Waals surface area (Å²) < 4.78 is 31.2. The number of imidazole rings is 1. The summed E-state index contributed by atoms with van der Waals surface area (Å²) in [4.78, 5) is 7.36. The fourth-order valence-corrected chi connectivity index (χ4v) is 4.10. The number of nitrogens with one attached hydrogen (secondary N) is 1. The lowest BCUT2D eigenvalue weighted by molar-refractivity contribution is 0.513. The average Bonchev–Trinajstić information content (AvgIpc) is 3.19. The minimum Gasteiger partial charge on any atom is -0.334 e. The summed E-state index contributed by atoms with van der Waals surface area (Å²) in [7, 11) is 0. The first-order valence-electron chi connectivity index (χ1n) is 8.37. The Morgan fingerprint density at radius 1 is 1.26 bits per heavy atom. The third-order valence-electron chi connectivity index (χ3n) is 4.89. The van der Waals surface area contributed by atoms with Crippen molar-refractivity contribution >= 4 is 36.2 Å². The van der Waals surface area contributed by atoms with Gasteiger partial charge in [-0.15, -0.1) is 12.4 Å². The van der Waals surface area contributed by atoms with Crippen molar-refractivity contribution < 1.29 is 8.78 Å². The molecule has 0 spiro atoms. The Hall–Kier alpha value is -1.76. The maximum atomic E-state index is 14.4. The molecule has 1 aromatic carbocycles. The highest BCUT2D eigenvalue weighted by molar-refractivity contribution is 7.71. The van der Waals surface area contributed by atoms with Crippen LogP contribution in [0.5, 0.6) is 0 Å². The molecule has 4 rings (SSSR count). The fourth-order valence-electron chi connectivity index (χ4n) is 3.63. The third-order valence-corrected chi connectivity index (χ3v) is 5.51. The van der Waals surface area contributed by atoms with Crippen LogP contribution >= 0.6 is 36.2 Å².